The predicted molar refractivity (Wildman–Crippen MR) is 85.6 cm³/mol. The van der Waals surface area contributed by atoms with Crippen molar-refractivity contribution >= 4 is 22.5 Å². The van der Waals surface area contributed by atoms with Gasteiger partial charge in [0.15, 0.2) is 5.69 Å². The van der Waals surface area contributed by atoms with Gasteiger partial charge in [-0.1, -0.05) is 0 Å². The maximum Gasteiger partial charge on any atom is 0.275 e. The molecule has 2 aromatic rings. The fraction of sp³-hybridized carbons (Fsp3) is 0.500. The van der Waals surface area contributed by atoms with Gasteiger partial charge in [0.1, 0.15) is 0 Å². The molecular formula is C16H21N5O. The number of amides is 1. The summed E-state index contributed by atoms with van der Waals surface area (Å²) in [6.45, 7) is 3.34. The van der Waals surface area contributed by atoms with E-state index in [0.717, 1.165) is 17.4 Å². The van der Waals surface area contributed by atoms with Gasteiger partial charge in [0.05, 0.1) is 5.52 Å². The van der Waals surface area contributed by atoms with Crippen molar-refractivity contribution in [2.24, 2.45) is 5.92 Å². The molecule has 1 aromatic carbocycles. The number of H-pyrrole nitrogens is 1. The van der Waals surface area contributed by atoms with Crippen molar-refractivity contribution < 1.29 is 4.79 Å². The second kappa shape index (κ2) is 4.98. The topological polar surface area (TPSA) is 78.2 Å². The number of hydrogen-bond donors (Lipinski definition) is 2. The molecule has 6 nitrogen and oxygen atoms in total. The first kappa shape index (κ1) is 13.6. The number of carbonyl (C=O) groups excluding carboxylic acids is 1. The Morgan fingerprint density at radius 3 is 2.86 bits per heavy atom. The number of fused-ring (bicyclic) bond motifs is 4. The summed E-state index contributed by atoms with van der Waals surface area (Å²) in [5.41, 5.74) is 7.75. The second-order valence-corrected chi connectivity index (χ2v) is 6.50. The molecule has 22 heavy (non-hydrogen) atoms. The SMILES string of the molecule is CN(C(=O)c1n[nH]c2cc(N)ccc12)[C@@H]1CN2CCC1CC2. The Balaban J connectivity index is 1.62. The summed E-state index contributed by atoms with van der Waals surface area (Å²) in [4.78, 5) is 17.2. The summed E-state index contributed by atoms with van der Waals surface area (Å²) >= 11 is 0. The normalized spacial score (nSPS) is 27.2. The molecule has 3 aliphatic rings. The van der Waals surface area contributed by atoms with Crippen molar-refractivity contribution in [3.8, 4) is 0 Å². The molecule has 2 bridgehead atoms. The van der Waals surface area contributed by atoms with Crippen molar-refractivity contribution in [2.45, 2.75) is 18.9 Å². The summed E-state index contributed by atoms with van der Waals surface area (Å²) in [7, 11) is 1.91. The summed E-state index contributed by atoms with van der Waals surface area (Å²) in [6, 6.07) is 5.79. The van der Waals surface area contributed by atoms with E-state index in [1.807, 2.05) is 30.1 Å². The fourth-order valence-corrected chi connectivity index (χ4v) is 3.89. The number of likely N-dealkylation sites (N-methyl/N-ethyl adjacent to an activating group) is 1. The van der Waals surface area contributed by atoms with Gasteiger partial charge in [-0.05, 0) is 50.0 Å². The molecule has 6 heteroatoms. The Bertz CT molecular complexity index is 716. The van der Waals surface area contributed by atoms with Crippen LogP contribution in [0.3, 0.4) is 0 Å². The Labute approximate surface area is 129 Å². The molecule has 3 N–H and O–H groups in total. The molecule has 4 heterocycles. The average molecular weight is 299 g/mol. The minimum atomic E-state index is -0.00484. The zero-order valence-corrected chi connectivity index (χ0v) is 12.7. The van der Waals surface area contributed by atoms with Gasteiger partial charge in [-0.2, -0.15) is 5.10 Å². The van der Waals surface area contributed by atoms with Gasteiger partial charge in [0, 0.05) is 30.7 Å². The Kier molecular flexibility index (Phi) is 3.07. The van der Waals surface area contributed by atoms with Crippen LogP contribution in [0.2, 0.25) is 0 Å². The number of anilines is 1. The van der Waals surface area contributed by atoms with Crippen LogP contribution in [0.4, 0.5) is 5.69 Å². The number of nitrogen functional groups attached to an aromatic ring is 1. The monoisotopic (exact) mass is 299 g/mol. The Morgan fingerprint density at radius 2 is 2.18 bits per heavy atom. The zero-order chi connectivity index (χ0) is 15.3. The van der Waals surface area contributed by atoms with Crippen LogP contribution in [-0.4, -0.2) is 58.6 Å². The van der Waals surface area contributed by atoms with Gasteiger partial charge in [0.25, 0.3) is 5.91 Å². The highest BCUT2D eigenvalue weighted by Gasteiger charge is 2.38. The van der Waals surface area contributed by atoms with Crippen LogP contribution >= 0.6 is 0 Å². The van der Waals surface area contributed by atoms with Crippen LogP contribution < -0.4 is 5.73 Å². The highest BCUT2D eigenvalue weighted by atomic mass is 16.2. The van der Waals surface area contributed by atoms with Crippen molar-refractivity contribution in [3.63, 3.8) is 0 Å². The highest BCUT2D eigenvalue weighted by Crippen LogP contribution is 2.31. The molecule has 0 aliphatic carbocycles. The van der Waals surface area contributed by atoms with Crippen molar-refractivity contribution in [1.29, 1.82) is 0 Å². The van der Waals surface area contributed by atoms with Crippen molar-refractivity contribution in [3.05, 3.63) is 23.9 Å². The Morgan fingerprint density at radius 1 is 1.41 bits per heavy atom. The number of nitrogens with zero attached hydrogens (tertiary/aromatic N) is 3. The minimum Gasteiger partial charge on any atom is -0.399 e. The molecule has 0 spiro atoms. The van der Waals surface area contributed by atoms with Gasteiger partial charge in [-0.15, -0.1) is 0 Å². The van der Waals surface area contributed by atoms with Crippen LogP contribution in [0.1, 0.15) is 23.3 Å². The maximum atomic E-state index is 12.9. The van der Waals surface area contributed by atoms with E-state index in [-0.39, 0.29) is 5.91 Å². The van der Waals surface area contributed by atoms with Crippen LogP contribution in [0.5, 0.6) is 0 Å². The van der Waals surface area contributed by atoms with Gasteiger partial charge < -0.3 is 15.5 Å². The molecule has 1 aromatic heterocycles. The lowest BCUT2D eigenvalue weighted by Gasteiger charge is -2.47. The number of rotatable bonds is 2. The van der Waals surface area contributed by atoms with Gasteiger partial charge in [-0.25, -0.2) is 0 Å². The molecule has 5 rings (SSSR count). The van der Waals surface area contributed by atoms with E-state index in [9.17, 15) is 4.79 Å². The summed E-state index contributed by atoms with van der Waals surface area (Å²) in [6.07, 6.45) is 2.39. The number of benzene rings is 1. The van der Waals surface area contributed by atoms with Crippen LogP contribution in [-0.2, 0) is 0 Å². The third-order valence-electron chi connectivity index (χ3n) is 5.23. The molecule has 3 fully saturated rings. The van der Waals surface area contributed by atoms with E-state index >= 15 is 0 Å². The van der Waals surface area contributed by atoms with E-state index in [2.05, 4.69) is 15.1 Å². The third-order valence-corrected chi connectivity index (χ3v) is 5.23. The van der Waals surface area contributed by atoms with Crippen LogP contribution in [0, 0.1) is 5.92 Å². The molecule has 3 saturated heterocycles. The highest BCUT2D eigenvalue weighted by molar-refractivity contribution is 6.05. The summed E-state index contributed by atoms with van der Waals surface area (Å²) in [5.74, 6) is 0.620. The molecular weight excluding hydrogens is 278 g/mol. The van der Waals surface area contributed by atoms with E-state index in [4.69, 9.17) is 5.73 Å². The van der Waals surface area contributed by atoms with Crippen molar-refractivity contribution in [1.82, 2.24) is 20.0 Å². The smallest absolute Gasteiger partial charge is 0.275 e. The zero-order valence-electron chi connectivity index (χ0n) is 12.7. The van der Waals surface area contributed by atoms with E-state index in [1.54, 1.807) is 0 Å². The molecule has 0 unspecified atom stereocenters. The molecule has 116 valence electrons. The number of hydrogen-bond acceptors (Lipinski definition) is 4. The summed E-state index contributed by atoms with van der Waals surface area (Å²) in [5, 5.41) is 7.98. The first-order chi connectivity index (χ1) is 10.6. The minimum absolute atomic E-state index is 0.00484. The molecule has 1 atom stereocenters. The Hall–Kier alpha value is -2.08. The number of carbonyl (C=O) groups is 1. The number of nitrogens with one attached hydrogen (secondary N) is 1. The number of nitrogens with two attached hydrogens (primary N) is 1. The number of piperidine rings is 3. The number of aromatic nitrogens is 2. The average Bonchev–Trinajstić information content (AvgIpc) is 2.97. The molecule has 1 amide bonds. The van der Waals surface area contributed by atoms with E-state index < -0.39 is 0 Å². The quantitative estimate of drug-likeness (QED) is 0.820. The lowest BCUT2D eigenvalue weighted by Crippen LogP contribution is -2.57. The lowest BCUT2D eigenvalue weighted by atomic mass is 9.83. The summed E-state index contributed by atoms with van der Waals surface area (Å²) < 4.78 is 0. The van der Waals surface area contributed by atoms with Gasteiger partial charge >= 0.3 is 0 Å². The van der Waals surface area contributed by atoms with Crippen LogP contribution in [0.15, 0.2) is 18.2 Å². The molecule has 0 radical (unpaired) electrons. The van der Waals surface area contributed by atoms with Crippen LogP contribution in [0.25, 0.3) is 10.9 Å². The molecule has 0 saturated carbocycles. The van der Waals surface area contributed by atoms with Gasteiger partial charge in [-0.3, -0.25) is 9.89 Å². The second-order valence-electron chi connectivity index (χ2n) is 6.50. The van der Waals surface area contributed by atoms with E-state index in [1.165, 1.54) is 25.9 Å². The standard InChI is InChI=1S/C16H21N5O/c1-20(14-9-21-6-4-10(14)5-7-21)16(22)15-12-3-2-11(17)8-13(12)18-19-15/h2-3,8,10,14H,4-7,9,17H2,1H3,(H,18,19)/t14-/m1/s1. The largest absolute Gasteiger partial charge is 0.399 e. The number of aromatic amines is 1. The van der Waals surface area contributed by atoms with E-state index in [0.29, 0.717) is 23.3 Å². The van der Waals surface area contributed by atoms with Crippen molar-refractivity contribution in [2.75, 3.05) is 32.4 Å². The molecule has 3 aliphatic heterocycles. The maximum absolute atomic E-state index is 12.9. The van der Waals surface area contributed by atoms with Gasteiger partial charge in [0.2, 0.25) is 0 Å². The lowest BCUT2D eigenvalue weighted by molar-refractivity contribution is 0.0160. The first-order valence-electron chi connectivity index (χ1n) is 7.86. The first-order valence-corrected chi connectivity index (χ1v) is 7.86. The third kappa shape index (κ3) is 2.06. The predicted octanol–water partition coefficient (Wildman–Crippen LogP) is 1.31. The fourth-order valence-electron chi connectivity index (χ4n) is 3.89.